The molecule has 1 aromatic carbocycles. The number of hydrogen-bond donors (Lipinski definition) is 2. The van der Waals surface area contributed by atoms with Gasteiger partial charge in [-0.1, -0.05) is 26.0 Å². The SMILES string of the molecule is CC(C)c1ccc(S(=O)(=O)Nc2ccc(C(=O)N3CCN(C)CC3)[nH]2)cc1. The van der Waals surface area contributed by atoms with E-state index in [1.165, 1.54) is 0 Å². The van der Waals surface area contributed by atoms with Crippen LogP contribution in [0.5, 0.6) is 0 Å². The van der Waals surface area contributed by atoms with Crippen molar-refractivity contribution < 1.29 is 13.2 Å². The van der Waals surface area contributed by atoms with Crippen LogP contribution in [-0.2, 0) is 10.0 Å². The van der Waals surface area contributed by atoms with Crippen LogP contribution in [0.3, 0.4) is 0 Å². The Morgan fingerprint density at radius 2 is 1.67 bits per heavy atom. The van der Waals surface area contributed by atoms with Gasteiger partial charge in [0.15, 0.2) is 0 Å². The van der Waals surface area contributed by atoms with Crippen molar-refractivity contribution in [3.63, 3.8) is 0 Å². The van der Waals surface area contributed by atoms with Gasteiger partial charge >= 0.3 is 0 Å². The molecular weight excluding hydrogens is 364 g/mol. The van der Waals surface area contributed by atoms with Crippen LogP contribution in [0, 0.1) is 0 Å². The number of amides is 1. The van der Waals surface area contributed by atoms with Gasteiger partial charge in [0.2, 0.25) is 0 Å². The molecule has 2 N–H and O–H groups in total. The first kappa shape index (κ1) is 19.4. The summed E-state index contributed by atoms with van der Waals surface area (Å²) in [5.74, 6) is 0.497. The Bertz CT molecular complexity index is 895. The van der Waals surface area contributed by atoms with Gasteiger partial charge in [0.1, 0.15) is 11.5 Å². The van der Waals surface area contributed by atoms with Crippen molar-refractivity contribution >= 4 is 21.7 Å². The van der Waals surface area contributed by atoms with Crippen molar-refractivity contribution in [3.05, 3.63) is 47.7 Å². The van der Waals surface area contributed by atoms with E-state index in [2.05, 4.69) is 28.5 Å². The molecule has 7 nitrogen and oxygen atoms in total. The first-order valence-corrected chi connectivity index (χ1v) is 10.5. The van der Waals surface area contributed by atoms with Gasteiger partial charge in [0.25, 0.3) is 15.9 Å². The van der Waals surface area contributed by atoms with E-state index >= 15 is 0 Å². The third-order valence-corrected chi connectivity index (χ3v) is 6.19. The zero-order valence-electron chi connectivity index (χ0n) is 15.9. The predicted molar refractivity (Wildman–Crippen MR) is 106 cm³/mol. The summed E-state index contributed by atoms with van der Waals surface area (Å²) in [6.45, 7) is 7.10. The fourth-order valence-electron chi connectivity index (χ4n) is 2.99. The highest BCUT2D eigenvalue weighted by Crippen LogP contribution is 2.20. The molecule has 1 aromatic heterocycles. The molecule has 0 spiro atoms. The molecule has 0 bridgehead atoms. The van der Waals surface area contributed by atoms with Crippen LogP contribution in [0.15, 0.2) is 41.3 Å². The lowest BCUT2D eigenvalue weighted by atomic mass is 10.0. The largest absolute Gasteiger partial charge is 0.337 e. The topological polar surface area (TPSA) is 85.5 Å². The number of sulfonamides is 1. The van der Waals surface area contributed by atoms with Crippen molar-refractivity contribution in [3.8, 4) is 0 Å². The first-order chi connectivity index (χ1) is 12.8. The maximum atomic E-state index is 12.6. The quantitative estimate of drug-likeness (QED) is 0.820. The van der Waals surface area contributed by atoms with E-state index in [1.807, 2.05) is 19.2 Å². The molecule has 0 saturated carbocycles. The number of anilines is 1. The minimum absolute atomic E-state index is 0.116. The lowest BCUT2D eigenvalue weighted by Gasteiger charge is -2.32. The van der Waals surface area contributed by atoms with Crippen LogP contribution >= 0.6 is 0 Å². The van der Waals surface area contributed by atoms with Crippen molar-refractivity contribution in [2.24, 2.45) is 0 Å². The zero-order valence-corrected chi connectivity index (χ0v) is 16.7. The normalized spacial score (nSPS) is 15.9. The van der Waals surface area contributed by atoms with Gasteiger partial charge in [0, 0.05) is 26.2 Å². The Labute approximate surface area is 160 Å². The summed E-state index contributed by atoms with van der Waals surface area (Å²) in [5, 5.41) is 0. The van der Waals surface area contributed by atoms with Crippen LogP contribution in [0.2, 0.25) is 0 Å². The van der Waals surface area contributed by atoms with E-state index < -0.39 is 10.0 Å². The highest BCUT2D eigenvalue weighted by molar-refractivity contribution is 7.92. The van der Waals surface area contributed by atoms with E-state index in [-0.39, 0.29) is 16.6 Å². The van der Waals surface area contributed by atoms with Crippen LogP contribution in [0.25, 0.3) is 0 Å². The lowest BCUT2D eigenvalue weighted by molar-refractivity contribution is 0.0659. The van der Waals surface area contributed by atoms with Crippen molar-refractivity contribution in [1.29, 1.82) is 0 Å². The third-order valence-electron chi connectivity index (χ3n) is 4.81. The molecule has 1 fully saturated rings. The van der Waals surface area contributed by atoms with Crippen LogP contribution in [-0.4, -0.2) is 62.3 Å². The molecule has 27 heavy (non-hydrogen) atoms. The molecule has 0 unspecified atom stereocenters. The average Bonchev–Trinajstić information content (AvgIpc) is 3.09. The molecular formula is C19H26N4O3S. The van der Waals surface area contributed by atoms with Crippen LogP contribution in [0.4, 0.5) is 5.82 Å². The lowest BCUT2D eigenvalue weighted by Crippen LogP contribution is -2.47. The van der Waals surface area contributed by atoms with E-state index in [0.29, 0.717) is 24.7 Å². The Balaban J connectivity index is 1.70. The summed E-state index contributed by atoms with van der Waals surface area (Å²) < 4.78 is 27.6. The minimum Gasteiger partial charge on any atom is -0.337 e. The molecule has 8 heteroatoms. The maximum Gasteiger partial charge on any atom is 0.270 e. The monoisotopic (exact) mass is 390 g/mol. The molecule has 3 rings (SSSR count). The minimum atomic E-state index is -3.71. The Hall–Kier alpha value is -2.32. The third kappa shape index (κ3) is 4.51. The first-order valence-electron chi connectivity index (χ1n) is 9.06. The molecule has 2 aromatic rings. The number of hydrogen-bond acceptors (Lipinski definition) is 4. The van der Waals surface area contributed by atoms with E-state index in [0.717, 1.165) is 18.7 Å². The van der Waals surface area contributed by atoms with Gasteiger partial charge < -0.3 is 14.8 Å². The molecule has 1 amide bonds. The fraction of sp³-hybridized carbons (Fsp3) is 0.421. The van der Waals surface area contributed by atoms with Crippen LogP contribution < -0.4 is 4.72 Å². The van der Waals surface area contributed by atoms with Crippen molar-refractivity contribution in [1.82, 2.24) is 14.8 Å². The number of H-pyrrole nitrogens is 1. The molecule has 0 atom stereocenters. The second-order valence-electron chi connectivity index (χ2n) is 7.21. The molecule has 1 aliphatic heterocycles. The summed E-state index contributed by atoms with van der Waals surface area (Å²) in [6.07, 6.45) is 0. The summed E-state index contributed by atoms with van der Waals surface area (Å²) in [5.41, 5.74) is 1.46. The van der Waals surface area contributed by atoms with E-state index in [1.54, 1.807) is 29.2 Å². The second-order valence-corrected chi connectivity index (χ2v) is 8.89. The summed E-state index contributed by atoms with van der Waals surface area (Å²) in [6, 6.07) is 10.0. The number of benzene rings is 1. The molecule has 1 saturated heterocycles. The highest BCUT2D eigenvalue weighted by atomic mass is 32.2. The van der Waals surface area contributed by atoms with Gasteiger partial charge in [0.05, 0.1) is 4.90 Å². The standard InChI is InChI=1S/C19H26N4O3S/c1-14(2)15-4-6-16(7-5-15)27(25,26)21-18-9-8-17(20-18)19(24)23-12-10-22(3)11-13-23/h4-9,14,20-21H,10-13H2,1-3H3. The molecule has 146 valence electrons. The Morgan fingerprint density at radius 3 is 2.26 bits per heavy atom. The number of aromatic nitrogens is 1. The summed E-state index contributed by atoms with van der Waals surface area (Å²) >= 11 is 0. The van der Waals surface area contributed by atoms with Gasteiger partial charge in [-0.3, -0.25) is 9.52 Å². The van der Waals surface area contributed by atoms with Gasteiger partial charge in [-0.15, -0.1) is 0 Å². The smallest absolute Gasteiger partial charge is 0.270 e. The van der Waals surface area contributed by atoms with Crippen molar-refractivity contribution in [2.75, 3.05) is 37.9 Å². The summed E-state index contributed by atoms with van der Waals surface area (Å²) in [4.78, 5) is 19.6. The zero-order chi connectivity index (χ0) is 19.6. The highest BCUT2D eigenvalue weighted by Gasteiger charge is 2.22. The number of nitrogens with zero attached hydrogens (tertiary/aromatic N) is 2. The number of nitrogens with one attached hydrogen (secondary N) is 2. The van der Waals surface area contributed by atoms with E-state index in [4.69, 9.17) is 0 Å². The van der Waals surface area contributed by atoms with Gasteiger partial charge in [-0.2, -0.15) is 0 Å². The molecule has 1 aliphatic rings. The number of carbonyl (C=O) groups excluding carboxylic acids is 1. The van der Waals surface area contributed by atoms with E-state index in [9.17, 15) is 13.2 Å². The van der Waals surface area contributed by atoms with Crippen molar-refractivity contribution in [2.45, 2.75) is 24.7 Å². The molecule has 0 aliphatic carbocycles. The number of piperazine rings is 1. The number of aromatic amines is 1. The maximum absolute atomic E-state index is 12.6. The predicted octanol–water partition coefficient (Wildman–Crippen LogP) is 2.33. The number of likely N-dealkylation sites (N-methyl/N-ethyl adjacent to an activating group) is 1. The van der Waals surface area contributed by atoms with Gasteiger partial charge in [-0.05, 0) is 42.8 Å². The molecule has 2 heterocycles. The second kappa shape index (κ2) is 7.74. The number of rotatable bonds is 5. The Kier molecular flexibility index (Phi) is 5.57. The summed E-state index contributed by atoms with van der Waals surface area (Å²) in [7, 11) is -1.69. The Morgan fingerprint density at radius 1 is 1.04 bits per heavy atom. The average molecular weight is 391 g/mol. The van der Waals surface area contributed by atoms with Gasteiger partial charge in [-0.25, -0.2) is 8.42 Å². The number of carbonyl (C=O) groups is 1. The molecule has 0 radical (unpaired) electrons. The fourth-order valence-corrected chi connectivity index (χ4v) is 4.02. The van der Waals surface area contributed by atoms with Crippen LogP contribution in [0.1, 0.15) is 35.8 Å².